The van der Waals surface area contributed by atoms with Crippen LogP contribution in [0.2, 0.25) is 0 Å². The second-order valence-electron chi connectivity index (χ2n) is 3.17. The van der Waals surface area contributed by atoms with Gasteiger partial charge in [-0.3, -0.25) is 10.3 Å². The average Bonchev–Trinajstić information content (AvgIpc) is 2.69. The van der Waals surface area contributed by atoms with Gasteiger partial charge in [-0.25, -0.2) is 0 Å². The summed E-state index contributed by atoms with van der Waals surface area (Å²) in [6.45, 7) is 2.86. The molecule has 0 aromatic heterocycles. The molecule has 1 rings (SSSR count). The molecular formula is C9H15N3OS. The van der Waals surface area contributed by atoms with Gasteiger partial charge in [0.05, 0.1) is 12.1 Å². The Balaban J connectivity index is 2.50. The molecule has 1 heterocycles. The van der Waals surface area contributed by atoms with Crippen molar-refractivity contribution in [2.45, 2.75) is 31.9 Å². The van der Waals surface area contributed by atoms with Crippen LogP contribution in [0.3, 0.4) is 0 Å². The molecule has 1 saturated heterocycles. The van der Waals surface area contributed by atoms with Gasteiger partial charge in [-0.15, -0.1) is 0 Å². The predicted octanol–water partition coefficient (Wildman–Crippen LogP) is 1.34. The van der Waals surface area contributed by atoms with E-state index in [1.807, 2.05) is 19.4 Å². The van der Waals surface area contributed by atoms with Crippen molar-refractivity contribution in [1.29, 1.82) is 5.26 Å². The molecule has 0 bridgehead atoms. The Morgan fingerprint density at radius 1 is 1.79 bits per heavy atom. The van der Waals surface area contributed by atoms with Crippen LogP contribution in [0.4, 0.5) is 0 Å². The van der Waals surface area contributed by atoms with Gasteiger partial charge in [-0.05, 0) is 26.0 Å². The Kier molecular flexibility index (Phi) is 4.77. The molecule has 0 aromatic rings. The van der Waals surface area contributed by atoms with Crippen LogP contribution in [0.25, 0.3) is 0 Å². The van der Waals surface area contributed by atoms with Gasteiger partial charge in [0.2, 0.25) is 0 Å². The summed E-state index contributed by atoms with van der Waals surface area (Å²) >= 11 is 1.44. The lowest BCUT2D eigenvalue weighted by atomic mass is 10.1. The zero-order valence-electron chi connectivity index (χ0n) is 8.49. The zero-order chi connectivity index (χ0) is 10.4. The third-order valence-corrected chi connectivity index (χ3v) is 2.77. The van der Waals surface area contributed by atoms with Crippen LogP contribution < -0.4 is 5.32 Å². The summed E-state index contributed by atoms with van der Waals surface area (Å²) in [6, 6.07) is 0.126. The molecule has 78 valence electrons. The maximum absolute atomic E-state index is 8.46. The van der Waals surface area contributed by atoms with Gasteiger partial charge in [0.1, 0.15) is 0 Å². The molecule has 0 spiro atoms. The molecule has 0 amide bonds. The third kappa shape index (κ3) is 3.20. The summed E-state index contributed by atoms with van der Waals surface area (Å²) in [5.41, 5.74) is 0. The number of rotatable bonds is 2. The minimum Gasteiger partial charge on any atom is -0.376 e. The molecule has 0 radical (unpaired) electrons. The van der Waals surface area contributed by atoms with Crippen molar-refractivity contribution in [2.75, 3.05) is 12.9 Å². The van der Waals surface area contributed by atoms with E-state index in [1.165, 1.54) is 11.8 Å². The van der Waals surface area contributed by atoms with Gasteiger partial charge in [0, 0.05) is 6.61 Å². The van der Waals surface area contributed by atoms with Crippen molar-refractivity contribution in [3.63, 3.8) is 0 Å². The summed E-state index contributed by atoms with van der Waals surface area (Å²) in [6.07, 6.45) is 6.17. The van der Waals surface area contributed by atoms with Gasteiger partial charge >= 0.3 is 0 Å². The summed E-state index contributed by atoms with van der Waals surface area (Å²) in [5.74, 6) is 0. The van der Waals surface area contributed by atoms with Crippen LogP contribution in [-0.4, -0.2) is 30.2 Å². The lowest BCUT2D eigenvalue weighted by molar-refractivity contribution is 0.0953. The summed E-state index contributed by atoms with van der Waals surface area (Å²) in [7, 11) is 0. The normalized spacial score (nSPS) is 24.4. The van der Waals surface area contributed by atoms with Crippen molar-refractivity contribution in [3.8, 4) is 6.19 Å². The first-order valence-corrected chi connectivity index (χ1v) is 5.89. The summed E-state index contributed by atoms with van der Waals surface area (Å²) in [4.78, 5) is 4.39. The van der Waals surface area contributed by atoms with E-state index in [0.29, 0.717) is 5.17 Å². The number of ether oxygens (including phenoxy) is 1. The van der Waals surface area contributed by atoms with Crippen molar-refractivity contribution < 1.29 is 4.74 Å². The topological polar surface area (TPSA) is 57.4 Å². The highest BCUT2D eigenvalue weighted by Gasteiger charge is 2.22. The fraction of sp³-hybridized carbons (Fsp3) is 0.778. The van der Waals surface area contributed by atoms with Gasteiger partial charge in [0.25, 0.3) is 0 Å². The average molecular weight is 213 g/mol. The van der Waals surface area contributed by atoms with Gasteiger partial charge in [-0.1, -0.05) is 11.8 Å². The molecule has 2 atom stereocenters. The fourth-order valence-electron chi connectivity index (χ4n) is 1.43. The van der Waals surface area contributed by atoms with Crippen LogP contribution in [0.15, 0.2) is 4.99 Å². The SMILES string of the molecule is CSC(=NC(C)C1CCCO1)NC#N. The fourth-order valence-corrected chi connectivity index (χ4v) is 1.85. The first-order chi connectivity index (χ1) is 6.77. The molecule has 14 heavy (non-hydrogen) atoms. The summed E-state index contributed by atoms with van der Waals surface area (Å²) < 4.78 is 5.51. The van der Waals surface area contributed by atoms with Crippen molar-refractivity contribution in [1.82, 2.24) is 5.32 Å². The first-order valence-electron chi connectivity index (χ1n) is 4.66. The van der Waals surface area contributed by atoms with Gasteiger partial charge < -0.3 is 4.74 Å². The monoisotopic (exact) mass is 213 g/mol. The van der Waals surface area contributed by atoms with Gasteiger partial charge in [0.15, 0.2) is 11.4 Å². The molecule has 4 nitrogen and oxygen atoms in total. The number of hydrogen-bond donors (Lipinski definition) is 1. The molecule has 1 aliphatic heterocycles. The number of aliphatic imine (C=N–C) groups is 1. The van der Waals surface area contributed by atoms with Crippen LogP contribution in [0.5, 0.6) is 0 Å². The molecule has 5 heteroatoms. The van der Waals surface area contributed by atoms with E-state index in [0.717, 1.165) is 19.4 Å². The highest BCUT2D eigenvalue weighted by molar-refractivity contribution is 8.13. The standard InChI is InChI=1S/C9H15N3OS/c1-7(8-4-3-5-13-8)12-9(14-2)11-6-10/h7-8H,3-5H2,1-2H3,(H,11,12). The lowest BCUT2D eigenvalue weighted by Crippen LogP contribution is -2.24. The molecule has 2 unspecified atom stereocenters. The highest BCUT2D eigenvalue weighted by atomic mass is 32.2. The van der Waals surface area contributed by atoms with Crippen molar-refractivity contribution >= 4 is 16.9 Å². The Hall–Kier alpha value is -0.730. The van der Waals surface area contributed by atoms with E-state index in [1.54, 1.807) is 0 Å². The minimum absolute atomic E-state index is 0.126. The van der Waals surface area contributed by atoms with E-state index in [2.05, 4.69) is 10.3 Å². The number of amidine groups is 1. The largest absolute Gasteiger partial charge is 0.376 e. The van der Waals surface area contributed by atoms with E-state index >= 15 is 0 Å². The summed E-state index contributed by atoms with van der Waals surface area (Å²) in [5, 5.41) is 11.7. The Labute approximate surface area is 88.7 Å². The molecular weight excluding hydrogens is 198 g/mol. The molecule has 0 aromatic carbocycles. The third-order valence-electron chi connectivity index (χ3n) is 2.18. The maximum atomic E-state index is 8.46. The molecule has 1 aliphatic rings. The number of thioether (sulfide) groups is 1. The van der Waals surface area contributed by atoms with Crippen molar-refractivity contribution in [3.05, 3.63) is 0 Å². The second kappa shape index (κ2) is 5.89. The second-order valence-corrected chi connectivity index (χ2v) is 3.96. The molecule has 1 fully saturated rings. The lowest BCUT2D eigenvalue weighted by Gasteiger charge is -2.14. The number of nitrogens with zero attached hydrogens (tertiary/aromatic N) is 2. The Morgan fingerprint density at radius 2 is 2.57 bits per heavy atom. The van der Waals surface area contributed by atoms with Crippen LogP contribution in [-0.2, 0) is 4.74 Å². The van der Waals surface area contributed by atoms with E-state index < -0.39 is 0 Å². The number of nitriles is 1. The zero-order valence-corrected chi connectivity index (χ0v) is 9.30. The predicted molar refractivity (Wildman–Crippen MR) is 58.1 cm³/mol. The Morgan fingerprint density at radius 3 is 3.07 bits per heavy atom. The molecule has 0 saturated carbocycles. The quantitative estimate of drug-likeness (QED) is 0.325. The van der Waals surface area contributed by atoms with E-state index in [4.69, 9.17) is 10.00 Å². The van der Waals surface area contributed by atoms with Crippen LogP contribution in [0, 0.1) is 11.5 Å². The highest BCUT2D eigenvalue weighted by Crippen LogP contribution is 2.18. The van der Waals surface area contributed by atoms with Gasteiger partial charge in [-0.2, -0.15) is 5.26 Å². The minimum atomic E-state index is 0.126. The van der Waals surface area contributed by atoms with Crippen LogP contribution >= 0.6 is 11.8 Å². The first kappa shape index (κ1) is 11.3. The van der Waals surface area contributed by atoms with E-state index in [9.17, 15) is 0 Å². The maximum Gasteiger partial charge on any atom is 0.183 e. The van der Waals surface area contributed by atoms with Crippen molar-refractivity contribution in [2.24, 2.45) is 4.99 Å². The smallest absolute Gasteiger partial charge is 0.183 e. The molecule has 1 N–H and O–H groups in total. The number of nitrogens with one attached hydrogen (secondary N) is 1. The molecule has 0 aliphatic carbocycles. The van der Waals surface area contributed by atoms with Crippen LogP contribution in [0.1, 0.15) is 19.8 Å². The number of hydrogen-bond acceptors (Lipinski definition) is 4. The Bertz CT molecular complexity index is 243. The van der Waals surface area contributed by atoms with E-state index in [-0.39, 0.29) is 12.1 Å².